The van der Waals surface area contributed by atoms with Crippen molar-refractivity contribution >= 4 is 78.4 Å². The Morgan fingerprint density at radius 3 is 2.78 bits per heavy atom. The van der Waals surface area contributed by atoms with Gasteiger partial charge >= 0.3 is 5.97 Å². The summed E-state index contributed by atoms with van der Waals surface area (Å²) in [5, 5.41) is 18.1. The zero-order chi connectivity index (χ0) is 26.3. The number of β-lactam (4-membered cyclic amide) rings is 1. The van der Waals surface area contributed by atoms with E-state index in [1.165, 1.54) is 23.8 Å². The molecule has 190 valence electrons. The van der Waals surface area contributed by atoms with Crippen molar-refractivity contribution in [1.82, 2.24) is 15.2 Å². The van der Waals surface area contributed by atoms with Gasteiger partial charge in [-0.05, 0) is 27.4 Å². The van der Waals surface area contributed by atoms with Crippen LogP contribution >= 0.6 is 39.0 Å². The first-order valence-corrected chi connectivity index (χ1v) is 13.6. The lowest BCUT2D eigenvalue weighted by Gasteiger charge is -2.49. The summed E-state index contributed by atoms with van der Waals surface area (Å²) >= 11 is 5.80. The quantitative estimate of drug-likeness (QED) is 0.160. The van der Waals surface area contributed by atoms with Crippen LogP contribution in [0.3, 0.4) is 0 Å². The van der Waals surface area contributed by atoms with Crippen molar-refractivity contribution in [2.75, 3.05) is 18.6 Å². The van der Waals surface area contributed by atoms with Crippen LogP contribution in [0.15, 0.2) is 62.9 Å². The average Bonchev–Trinajstić information content (AvgIpc) is 3.22. The summed E-state index contributed by atoms with van der Waals surface area (Å²) in [5.74, 6) is -2.01. The van der Waals surface area contributed by atoms with E-state index < -0.39 is 29.2 Å². The number of carbonyl (C=O) groups excluding carboxylic acids is 2. The number of rotatable bonds is 7. The summed E-state index contributed by atoms with van der Waals surface area (Å²) in [6.07, 6.45) is 3.83. The summed E-state index contributed by atoms with van der Waals surface area (Å²) in [6.45, 7) is 0.316. The number of carboxylic acids is 1. The van der Waals surface area contributed by atoms with E-state index in [-0.39, 0.29) is 22.2 Å². The molecule has 4 N–H and O–H groups in total. The Morgan fingerprint density at radius 1 is 1.35 bits per heavy atom. The van der Waals surface area contributed by atoms with Crippen LogP contribution in [-0.4, -0.2) is 62.8 Å². The van der Waals surface area contributed by atoms with Crippen LogP contribution in [-0.2, 0) is 25.8 Å². The monoisotopic (exact) mass is 603 g/mol. The van der Waals surface area contributed by atoms with Gasteiger partial charge in [-0.2, -0.15) is 0 Å². The van der Waals surface area contributed by atoms with E-state index >= 15 is 0 Å². The molecule has 2 aliphatic heterocycles. The Bertz CT molecular complexity index is 1510. The molecule has 0 spiro atoms. The number of nitrogens with zero attached hydrogens (tertiary/aromatic N) is 4. The number of thioether (sulfide) groups is 1. The van der Waals surface area contributed by atoms with Gasteiger partial charge in [0, 0.05) is 22.8 Å². The Hall–Kier alpha value is -3.49. The maximum Gasteiger partial charge on any atom is 0.352 e. The lowest BCUT2D eigenvalue weighted by Crippen LogP contribution is -2.71. The molecule has 2 atom stereocenters. The van der Waals surface area contributed by atoms with Crippen LogP contribution in [0, 0.1) is 0 Å². The average molecular weight is 604 g/mol. The lowest BCUT2D eigenvalue weighted by molar-refractivity contribution is -0.687. The molecule has 3 aromatic rings. The number of benzene rings is 1. The fourth-order valence-corrected chi connectivity index (χ4v) is 6.93. The molecule has 1 fully saturated rings. The molecule has 2 aromatic heterocycles. The molecule has 14 heteroatoms. The molecule has 37 heavy (non-hydrogen) atoms. The SMILES string of the molecule is CO/N=C(/C(=O)N[C@@H]1C(=O)N2C(C(=O)O)=C(C[n+]3ccc4ccccc4c3)CS[C@H]12)c1nc(N)sc1Br. The minimum atomic E-state index is -1.19. The van der Waals surface area contributed by atoms with Crippen LogP contribution in [0.1, 0.15) is 5.69 Å². The first-order chi connectivity index (χ1) is 17.8. The third-order valence-corrected chi connectivity index (χ3v) is 8.75. The lowest BCUT2D eigenvalue weighted by atomic mass is 10.0. The third-order valence-electron chi connectivity index (χ3n) is 5.88. The number of hydrogen-bond donors (Lipinski definition) is 3. The molecule has 0 aliphatic carbocycles. The van der Waals surface area contributed by atoms with E-state index in [1.54, 1.807) is 0 Å². The van der Waals surface area contributed by atoms with E-state index in [4.69, 9.17) is 10.6 Å². The van der Waals surface area contributed by atoms with Crippen molar-refractivity contribution in [2.45, 2.75) is 18.0 Å². The maximum absolute atomic E-state index is 13.1. The molecule has 0 unspecified atom stereocenters. The second kappa shape index (κ2) is 10.1. The fourth-order valence-electron chi connectivity index (χ4n) is 4.26. The van der Waals surface area contributed by atoms with Gasteiger partial charge in [0.15, 0.2) is 29.8 Å². The summed E-state index contributed by atoms with van der Waals surface area (Å²) < 4.78 is 2.38. The molecular formula is C23H20BrN6O5S2+. The molecule has 2 amide bonds. The third kappa shape index (κ3) is 4.67. The van der Waals surface area contributed by atoms with Gasteiger partial charge in [-0.3, -0.25) is 14.5 Å². The molecule has 4 heterocycles. The largest absolute Gasteiger partial charge is 0.477 e. The highest BCUT2D eigenvalue weighted by atomic mass is 79.9. The first-order valence-electron chi connectivity index (χ1n) is 10.9. The molecular weight excluding hydrogens is 584 g/mol. The topological polar surface area (TPSA) is 151 Å². The molecule has 5 rings (SSSR count). The van der Waals surface area contributed by atoms with Gasteiger partial charge in [0.2, 0.25) is 0 Å². The number of hydrogen-bond acceptors (Lipinski definition) is 9. The molecule has 0 saturated carbocycles. The predicted octanol–water partition coefficient (Wildman–Crippen LogP) is 1.72. The van der Waals surface area contributed by atoms with Gasteiger partial charge in [-0.1, -0.05) is 34.7 Å². The molecule has 11 nitrogen and oxygen atoms in total. The number of nitrogen functional groups attached to an aromatic ring is 1. The van der Waals surface area contributed by atoms with Crippen LogP contribution < -0.4 is 15.6 Å². The molecule has 1 aromatic carbocycles. The minimum absolute atomic E-state index is 0.0549. The summed E-state index contributed by atoms with van der Waals surface area (Å²) in [4.78, 5) is 48.5. The molecule has 2 aliphatic rings. The van der Waals surface area contributed by atoms with Crippen molar-refractivity contribution in [2.24, 2.45) is 5.16 Å². The highest BCUT2D eigenvalue weighted by Crippen LogP contribution is 2.40. The first kappa shape index (κ1) is 25.2. The second-order valence-electron chi connectivity index (χ2n) is 8.16. The number of nitrogens with two attached hydrogens (primary N) is 1. The molecule has 1 saturated heterocycles. The van der Waals surface area contributed by atoms with Gasteiger partial charge in [-0.25, -0.2) is 14.3 Å². The maximum atomic E-state index is 13.1. The number of thiazole rings is 1. The highest BCUT2D eigenvalue weighted by molar-refractivity contribution is 9.11. The number of carboxylic acid groups (broad SMARTS) is 1. The van der Waals surface area contributed by atoms with Gasteiger partial charge in [-0.15, -0.1) is 11.8 Å². The van der Waals surface area contributed by atoms with Crippen LogP contribution in [0.25, 0.3) is 10.8 Å². The van der Waals surface area contributed by atoms with E-state index in [0.717, 1.165) is 22.1 Å². The minimum Gasteiger partial charge on any atom is -0.477 e. The number of nitrogens with one attached hydrogen (secondary N) is 1. The van der Waals surface area contributed by atoms with E-state index in [0.29, 0.717) is 21.7 Å². The van der Waals surface area contributed by atoms with Crippen molar-refractivity contribution in [3.05, 3.63) is 63.5 Å². The summed E-state index contributed by atoms with van der Waals surface area (Å²) in [7, 11) is 1.28. The highest BCUT2D eigenvalue weighted by Gasteiger charge is 2.54. The predicted molar refractivity (Wildman–Crippen MR) is 142 cm³/mol. The number of oxime groups is 1. The van der Waals surface area contributed by atoms with Crippen LogP contribution in [0.5, 0.6) is 0 Å². The van der Waals surface area contributed by atoms with Gasteiger partial charge in [0.05, 0.1) is 0 Å². The Morgan fingerprint density at radius 2 is 2.11 bits per heavy atom. The number of pyridine rings is 1. The fraction of sp³-hybridized carbons (Fsp3) is 0.217. The number of halogens is 1. The van der Waals surface area contributed by atoms with Crippen molar-refractivity contribution in [3.63, 3.8) is 0 Å². The number of fused-ring (bicyclic) bond motifs is 2. The van der Waals surface area contributed by atoms with Crippen molar-refractivity contribution in [1.29, 1.82) is 0 Å². The number of anilines is 1. The smallest absolute Gasteiger partial charge is 0.352 e. The summed E-state index contributed by atoms with van der Waals surface area (Å²) in [5.41, 5.74) is 6.30. The molecule has 0 radical (unpaired) electrons. The van der Waals surface area contributed by atoms with E-state index in [2.05, 4.69) is 31.4 Å². The number of aromatic nitrogens is 2. The number of aliphatic carboxylic acids is 1. The molecule has 0 bridgehead atoms. The van der Waals surface area contributed by atoms with Gasteiger partial charge in [0.25, 0.3) is 11.8 Å². The Kier molecular flexibility index (Phi) is 6.88. The normalized spacial score (nSPS) is 19.5. The van der Waals surface area contributed by atoms with Crippen LogP contribution in [0.4, 0.5) is 5.13 Å². The van der Waals surface area contributed by atoms with Crippen LogP contribution in [0.2, 0.25) is 0 Å². The Balaban J connectivity index is 1.37. The van der Waals surface area contributed by atoms with Gasteiger partial charge in [0.1, 0.15) is 33.7 Å². The summed E-state index contributed by atoms with van der Waals surface area (Å²) in [6, 6.07) is 8.90. The van der Waals surface area contributed by atoms with Gasteiger partial charge < -0.3 is 21.0 Å². The zero-order valence-corrected chi connectivity index (χ0v) is 22.5. The number of amides is 2. The second-order valence-corrected chi connectivity index (χ2v) is 11.6. The van der Waals surface area contributed by atoms with E-state index in [9.17, 15) is 19.5 Å². The standard InChI is InChI=1S/C23H19BrN6O5S2/c1-35-28-15(14-18(24)37-23(25)27-14)19(31)26-16-20(32)30-17(22(33)34)13(10-36-21(16)30)9-29-7-6-11-4-2-3-5-12(11)8-29/h2-8,16,21H,9-10H2,1H3,(H3-,25,26,27,31,33,34)/p+1/b28-15+/t16-,21-/m1/s1. The van der Waals surface area contributed by atoms with Crippen molar-refractivity contribution < 1.29 is 28.9 Å². The zero-order valence-electron chi connectivity index (χ0n) is 19.3. The number of carbonyl (C=O) groups is 3. The Labute approximate surface area is 227 Å². The van der Waals surface area contributed by atoms with Crippen molar-refractivity contribution in [3.8, 4) is 0 Å². The van der Waals surface area contributed by atoms with E-state index in [1.807, 2.05) is 47.3 Å².